The van der Waals surface area contributed by atoms with Crippen LogP contribution in [0.4, 0.5) is 0 Å². The molecule has 2 saturated heterocycles. The largest absolute Gasteiger partial charge is 0.493 e. The van der Waals surface area contributed by atoms with Crippen molar-refractivity contribution in [1.29, 1.82) is 0 Å². The Labute approximate surface area is 144 Å². The lowest BCUT2D eigenvalue weighted by Crippen LogP contribution is -2.49. The smallest absolute Gasteiger partial charge is 0.195 e. The SMILES string of the molecule is COc1cnc(CSN2CNC34OCOC3C=CC=C24)cc1OC. The molecule has 7 nitrogen and oxygen atoms in total. The lowest BCUT2D eigenvalue weighted by atomic mass is 9.99. The summed E-state index contributed by atoms with van der Waals surface area (Å²) in [6.45, 7) is 0.987. The molecule has 3 aliphatic rings. The summed E-state index contributed by atoms with van der Waals surface area (Å²) in [5, 5.41) is 3.43. The van der Waals surface area contributed by atoms with Crippen LogP contribution in [0.2, 0.25) is 0 Å². The predicted molar refractivity (Wildman–Crippen MR) is 89.3 cm³/mol. The fraction of sp³-hybridized carbons (Fsp3) is 0.438. The number of pyridine rings is 1. The number of hydrogen-bond acceptors (Lipinski definition) is 8. The molecule has 24 heavy (non-hydrogen) atoms. The fourth-order valence-electron chi connectivity index (χ4n) is 3.08. The van der Waals surface area contributed by atoms with E-state index in [9.17, 15) is 0 Å². The molecule has 1 spiro atoms. The summed E-state index contributed by atoms with van der Waals surface area (Å²) in [6.07, 6.45) is 7.71. The van der Waals surface area contributed by atoms with Gasteiger partial charge in [-0.1, -0.05) is 12.2 Å². The van der Waals surface area contributed by atoms with Gasteiger partial charge in [-0.05, 0) is 18.0 Å². The van der Waals surface area contributed by atoms with E-state index in [2.05, 4.69) is 20.7 Å². The standard InChI is InChI=1S/C16H19N3O4S/c1-20-12-6-11(17-7-13(12)21-2)8-24-19-9-18-16-14(19)4-3-5-15(16)22-10-23-16/h3-7,15,18H,8-10H2,1-2H3. The van der Waals surface area contributed by atoms with E-state index in [1.807, 2.05) is 18.2 Å². The Balaban J connectivity index is 1.47. The first-order chi connectivity index (χ1) is 11.8. The van der Waals surface area contributed by atoms with E-state index in [-0.39, 0.29) is 6.10 Å². The van der Waals surface area contributed by atoms with Gasteiger partial charge in [-0.15, -0.1) is 0 Å². The summed E-state index contributed by atoms with van der Waals surface area (Å²) in [5.41, 5.74) is 1.45. The van der Waals surface area contributed by atoms with Gasteiger partial charge in [0.05, 0.1) is 44.2 Å². The summed E-state index contributed by atoms with van der Waals surface area (Å²) in [6, 6.07) is 1.90. The minimum atomic E-state index is -0.549. The number of nitrogens with one attached hydrogen (secondary N) is 1. The third-order valence-corrected chi connectivity index (χ3v) is 5.37. The van der Waals surface area contributed by atoms with Gasteiger partial charge in [-0.2, -0.15) is 0 Å². The van der Waals surface area contributed by atoms with Crippen LogP contribution < -0.4 is 14.8 Å². The number of ether oxygens (including phenoxy) is 4. The van der Waals surface area contributed by atoms with Crippen molar-refractivity contribution in [2.45, 2.75) is 17.6 Å². The van der Waals surface area contributed by atoms with Crippen LogP contribution in [0.1, 0.15) is 5.69 Å². The molecule has 1 N–H and O–H groups in total. The molecule has 4 rings (SSSR count). The first-order valence-corrected chi connectivity index (χ1v) is 8.58. The summed E-state index contributed by atoms with van der Waals surface area (Å²) < 4.78 is 24.2. The quantitative estimate of drug-likeness (QED) is 0.805. The average Bonchev–Trinajstić information content (AvgIpc) is 3.21. The summed E-state index contributed by atoms with van der Waals surface area (Å²) in [5.74, 6) is 2.03. The molecule has 1 aromatic rings. The molecule has 1 aliphatic carbocycles. The van der Waals surface area contributed by atoms with E-state index in [0.717, 1.165) is 11.4 Å². The zero-order valence-electron chi connectivity index (χ0n) is 13.5. The van der Waals surface area contributed by atoms with Crippen molar-refractivity contribution in [3.05, 3.63) is 41.9 Å². The number of aromatic nitrogens is 1. The molecule has 3 heterocycles. The highest BCUT2D eigenvalue weighted by molar-refractivity contribution is 7.96. The Morgan fingerprint density at radius 1 is 1.42 bits per heavy atom. The van der Waals surface area contributed by atoms with Crippen molar-refractivity contribution in [1.82, 2.24) is 14.6 Å². The number of allylic oxidation sites excluding steroid dienone is 2. The highest BCUT2D eigenvalue weighted by Gasteiger charge is 2.54. The van der Waals surface area contributed by atoms with Crippen LogP contribution in [0.25, 0.3) is 0 Å². The van der Waals surface area contributed by atoms with Crippen molar-refractivity contribution >= 4 is 11.9 Å². The summed E-state index contributed by atoms with van der Waals surface area (Å²) in [7, 11) is 3.23. The zero-order valence-corrected chi connectivity index (χ0v) is 14.3. The molecule has 2 unspecified atom stereocenters. The molecule has 2 fully saturated rings. The van der Waals surface area contributed by atoms with E-state index in [1.165, 1.54) is 0 Å². The highest BCUT2D eigenvalue weighted by Crippen LogP contribution is 2.42. The number of rotatable bonds is 5. The van der Waals surface area contributed by atoms with Crippen LogP contribution in [-0.4, -0.2) is 48.8 Å². The number of hydrogen-bond donors (Lipinski definition) is 1. The Bertz CT molecular complexity index is 696. The monoisotopic (exact) mass is 349 g/mol. The molecule has 128 valence electrons. The molecule has 0 bridgehead atoms. The lowest BCUT2D eigenvalue weighted by Gasteiger charge is -2.30. The molecule has 0 aromatic carbocycles. The second-order valence-electron chi connectivity index (χ2n) is 5.54. The van der Waals surface area contributed by atoms with E-state index in [0.29, 0.717) is 30.7 Å². The Hall–Kier alpha value is -1.74. The summed E-state index contributed by atoms with van der Waals surface area (Å²) >= 11 is 1.67. The average molecular weight is 349 g/mol. The maximum Gasteiger partial charge on any atom is 0.195 e. The molecule has 2 atom stereocenters. The van der Waals surface area contributed by atoms with E-state index in [1.54, 1.807) is 32.4 Å². The zero-order chi connectivity index (χ0) is 16.6. The topological polar surface area (TPSA) is 65.1 Å². The van der Waals surface area contributed by atoms with Gasteiger partial charge in [0.1, 0.15) is 6.10 Å². The molecular formula is C16H19N3O4S. The van der Waals surface area contributed by atoms with Gasteiger partial charge < -0.3 is 23.3 Å². The van der Waals surface area contributed by atoms with Gasteiger partial charge in [-0.25, -0.2) is 0 Å². The Morgan fingerprint density at radius 2 is 2.29 bits per heavy atom. The molecule has 0 radical (unpaired) electrons. The van der Waals surface area contributed by atoms with E-state index in [4.69, 9.17) is 18.9 Å². The maximum atomic E-state index is 5.86. The molecule has 8 heteroatoms. The normalized spacial score (nSPS) is 27.7. The van der Waals surface area contributed by atoms with Gasteiger partial charge in [0.25, 0.3) is 0 Å². The second kappa shape index (κ2) is 6.29. The van der Waals surface area contributed by atoms with Crippen molar-refractivity contribution in [2.24, 2.45) is 0 Å². The van der Waals surface area contributed by atoms with Crippen molar-refractivity contribution < 1.29 is 18.9 Å². The Kier molecular flexibility index (Phi) is 4.13. The second-order valence-corrected chi connectivity index (χ2v) is 6.53. The van der Waals surface area contributed by atoms with Gasteiger partial charge in [0.2, 0.25) is 0 Å². The lowest BCUT2D eigenvalue weighted by molar-refractivity contribution is 0.00213. The van der Waals surface area contributed by atoms with Gasteiger partial charge in [0, 0.05) is 6.07 Å². The van der Waals surface area contributed by atoms with Crippen molar-refractivity contribution in [3.63, 3.8) is 0 Å². The molecule has 2 aliphatic heterocycles. The van der Waals surface area contributed by atoms with Crippen molar-refractivity contribution in [2.75, 3.05) is 27.7 Å². The fourth-order valence-corrected chi connectivity index (χ4v) is 4.02. The minimum Gasteiger partial charge on any atom is -0.493 e. The maximum absolute atomic E-state index is 5.86. The third-order valence-electron chi connectivity index (χ3n) is 4.31. The van der Waals surface area contributed by atoms with Gasteiger partial charge >= 0.3 is 0 Å². The van der Waals surface area contributed by atoms with Crippen molar-refractivity contribution in [3.8, 4) is 11.5 Å². The highest BCUT2D eigenvalue weighted by atomic mass is 32.2. The minimum absolute atomic E-state index is 0.0812. The Morgan fingerprint density at radius 3 is 3.12 bits per heavy atom. The number of nitrogens with zero attached hydrogens (tertiary/aromatic N) is 2. The third kappa shape index (κ3) is 2.46. The van der Waals surface area contributed by atoms with E-state index < -0.39 is 5.72 Å². The molecule has 0 amide bonds. The predicted octanol–water partition coefficient (Wildman–Crippen LogP) is 1.63. The first-order valence-electron chi connectivity index (χ1n) is 7.64. The molecule has 0 saturated carbocycles. The molecular weight excluding hydrogens is 330 g/mol. The van der Waals surface area contributed by atoms with Crippen LogP contribution in [0.3, 0.4) is 0 Å². The summed E-state index contributed by atoms with van der Waals surface area (Å²) in [4.78, 5) is 4.43. The molecule has 1 aromatic heterocycles. The van der Waals surface area contributed by atoms with Crippen LogP contribution in [-0.2, 0) is 15.2 Å². The van der Waals surface area contributed by atoms with Crippen LogP contribution in [0.5, 0.6) is 11.5 Å². The van der Waals surface area contributed by atoms with Gasteiger partial charge in [0.15, 0.2) is 24.0 Å². The first kappa shape index (κ1) is 15.8. The van der Waals surface area contributed by atoms with Crippen LogP contribution in [0.15, 0.2) is 36.2 Å². The van der Waals surface area contributed by atoms with E-state index >= 15 is 0 Å². The van der Waals surface area contributed by atoms with Gasteiger partial charge in [-0.3, -0.25) is 10.3 Å². The van der Waals surface area contributed by atoms with Crippen LogP contribution in [0, 0.1) is 0 Å². The van der Waals surface area contributed by atoms with Crippen LogP contribution >= 0.6 is 11.9 Å². The number of methoxy groups -OCH3 is 2.